The number of carbonyl (C=O) groups is 1. The van der Waals surface area contributed by atoms with E-state index in [1.807, 2.05) is 0 Å². The molecule has 0 N–H and O–H groups in total. The summed E-state index contributed by atoms with van der Waals surface area (Å²) in [7, 11) is -3.12. The van der Waals surface area contributed by atoms with Gasteiger partial charge in [-0.25, -0.2) is 12.8 Å². The molecule has 1 aromatic rings. The van der Waals surface area contributed by atoms with Crippen LogP contribution in [-0.4, -0.2) is 25.7 Å². The maximum absolute atomic E-state index is 13.4. The third-order valence-electron chi connectivity index (χ3n) is 3.93. The van der Waals surface area contributed by atoms with E-state index in [-0.39, 0.29) is 11.7 Å². The molecule has 110 valence electrons. The molecule has 20 heavy (non-hydrogen) atoms. The van der Waals surface area contributed by atoms with Gasteiger partial charge >= 0.3 is 0 Å². The molecule has 1 saturated carbocycles. The summed E-state index contributed by atoms with van der Waals surface area (Å²) >= 11 is 0. The molecule has 0 saturated heterocycles. The van der Waals surface area contributed by atoms with Crippen LogP contribution in [-0.2, 0) is 9.84 Å². The third kappa shape index (κ3) is 3.45. The van der Waals surface area contributed by atoms with Crippen LogP contribution in [0.5, 0.6) is 0 Å². The highest BCUT2D eigenvalue weighted by Crippen LogP contribution is 2.31. The van der Waals surface area contributed by atoms with Crippen LogP contribution in [0.15, 0.2) is 18.2 Å². The van der Waals surface area contributed by atoms with E-state index in [4.69, 9.17) is 0 Å². The molecule has 0 radical (unpaired) electrons. The molecule has 3 nitrogen and oxygen atoms in total. The first-order valence-corrected chi connectivity index (χ1v) is 8.73. The maximum atomic E-state index is 13.4. The minimum Gasteiger partial charge on any atom is -0.294 e. The maximum Gasteiger partial charge on any atom is 0.166 e. The number of ketones is 1. The second-order valence-electron chi connectivity index (χ2n) is 5.70. The van der Waals surface area contributed by atoms with Crippen LogP contribution in [0.1, 0.15) is 41.6 Å². The zero-order valence-electron chi connectivity index (χ0n) is 11.7. The van der Waals surface area contributed by atoms with E-state index in [2.05, 4.69) is 0 Å². The minimum atomic E-state index is -3.12. The van der Waals surface area contributed by atoms with Gasteiger partial charge in [0.2, 0.25) is 0 Å². The van der Waals surface area contributed by atoms with E-state index in [1.54, 1.807) is 13.0 Å². The lowest BCUT2D eigenvalue weighted by Crippen LogP contribution is -2.31. The van der Waals surface area contributed by atoms with Crippen LogP contribution < -0.4 is 0 Å². The summed E-state index contributed by atoms with van der Waals surface area (Å²) in [5.74, 6) is -0.880. The largest absolute Gasteiger partial charge is 0.294 e. The Labute approximate surface area is 119 Å². The van der Waals surface area contributed by atoms with Crippen LogP contribution in [0.2, 0.25) is 0 Å². The number of hydrogen-bond donors (Lipinski definition) is 0. The van der Waals surface area contributed by atoms with Gasteiger partial charge in [0, 0.05) is 17.7 Å². The van der Waals surface area contributed by atoms with Crippen molar-refractivity contribution in [2.24, 2.45) is 5.92 Å². The molecule has 2 unspecified atom stereocenters. The van der Waals surface area contributed by atoms with Crippen molar-refractivity contribution in [1.29, 1.82) is 0 Å². The SMILES string of the molecule is Cc1cc(F)cc(C(=O)C2CCCC(S(C)(=O)=O)C2)c1. The summed E-state index contributed by atoms with van der Waals surface area (Å²) in [6.45, 7) is 1.74. The van der Waals surface area contributed by atoms with Crippen molar-refractivity contribution in [3.63, 3.8) is 0 Å². The number of aryl methyl sites for hydroxylation is 1. The Hall–Kier alpha value is -1.23. The van der Waals surface area contributed by atoms with Gasteiger partial charge in [-0.2, -0.15) is 0 Å². The van der Waals surface area contributed by atoms with E-state index in [0.717, 1.165) is 6.42 Å². The van der Waals surface area contributed by atoms with Crippen LogP contribution in [0.4, 0.5) is 4.39 Å². The van der Waals surface area contributed by atoms with Crippen molar-refractivity contribution in [3.8, 4) is 0 Å². The van der Waals surface area contributed by atoms with E-state index in [0.29, 0.717) is 30.4 Å². The molecule has 0 amide bonds. The molecule has 0 heterocycles. The van der Waals surface area contributed by atoms with Gasteiger partial charge in [0.15, 0.2) is 5.78 Å². The van der Waals surface area contributed by atoms with E-state index in [9.17, 15) is 17.6 Å². The molecule has 1 fully saturated rings. The van der Waals surface area contributed by atoms with Gasteiger partial charge in [-0.3, -0.25) is 4.79 Å². The minimum absolute atomic E-state index is 0.138. The first-order chi connectivity index (χ1) is 9.27. The second-order valence-corrected chi connectivity index (χ2v) is 8.02. The summed E-state index contributed by atoms with van der Waals surface area (Å²) in [4.78, 5) is 12.4. The predicted molar refractivity (Wildman–Crippen MR) is 76.1 cm³/mol. The first kappa shape index (κ1) is 15.2. The smallest absolute Gasteiger partial charge is 0.166 e. The normalized spacial score (nSPS) is 23.6. The van der Waals surface area contributed by atoms with Crippen LogP contribution >= 0.6 is 0 Å². The highest BCUT2D eigenvalue weighted by atomic mass is 32.2. The van der Waals surface area contributed by atoms with Gasteiger partial charge in [-0.1, -0.05) is 6.42 Å². The van der Waals surface area contributed by atoms with Crippen molar-refractivity contribution in [1.82, 2.24) is 0 Å². The standard InChI is InChI=1S/C15H19FO3S/c1-10-6-12(8-13(16)7-10)15(17)11-4-3-5-14(9-11)20(2,18)19/h6-8,11,14H,3-5,9H2,1-2H3. The lowest BCUT2D eigenvalue weighted by Gasteiger charge is -2.27. The Morgan fingerprint density at radius 3 is 2.55 bits per heavy atom. The van der Waals surface area contributed by atoms with Crippen LogP contribution in [0.25, 0.3) is 0 Å². The van der Waals surface area contributed by atoms with Crippen molar-refractivity contribution < 1.29 is 17.6 Å². The molecule has 5 heteroatoms. The zero-order chi connectivity index (χ0) is 14.9. The number of hydrogen-bond acceptors (Lipinski definition) is 3. The summed E-state index contributed by atoms with van der Waals surface area (Å²) < 4.78 is 36.6. The molecule has 0 aliphatic heterocycles. The van der Waals surface area contributed by atoms with E-state index >= 15 is 0 Å². The molecule has 0 bridgehead atoms. The van der Waals surface area contributed by atoms with Crippen molar-refractivity contribution in [2.75, 3.05) is 6.26 Å². The van der Waals surface area contributed by atoms with Crippen LogP contribution in [0.3, 0.4) is 0 Å². The Kier molecular flexibility index (Phi) is 4.28. The molecule has 1 aliphatic rings. The Balaban J connectivity index is 2.20. The fourth-order valence-electron chi connectivity index (χ4n) is 2.89. The number of carbonyl (C=O) groups excluding carboxylic acids is 1. The summed E-state index contributed by atoms with van der Waals surface area (Å²) in [5.41, 5.74) is 1.05. The molecule has 2 atom stereocenters. The first-order valence-electron chi connectivity index (χ1n) is 6.77. The van der Waals surface area contributed by atoms with E-state index in [1.165, 1.54) is 18.4 Å². The zero-order valence-corrected chi connectivity index (χ0v) is 12.5. The molecular weight excluding hydrogens is 279 g/mol. The highest BCUT2D eigenvalue weighted by Gasteiger charge is 2.32. The quantitative estimate of drug-likeness (QED) is 0.806. The molecular formula is C15H19FO3S. The highest BCUT2D eigenvalue weighted by molar-refractivity contribution is 7.91. The summed E-state index contributed by atoms with van der Waals surface area (Å²) in [5, 5.41) is -0.445. The average Bonchev–Trinajstić information content (AvgIpc) is 2.36. The molecule has 1 aromatic carbocycles. The monoisotopic (exact) mass is 298 g/mol. The lowest BCUT2D eigenvalue weighted by molar-refractivity contribution is 0.0890. The third-order valence-corrected chi connectivity index (χ3v) is 5.57. The number of benzene rings is 1. The number of sulfone groups is 1. The summed E-state index contributed by atoms with van der Waals surface area (Å²) in [6.07, 6.45) is 3.59. The van der Waals surface area contributed by atoms with Gasteiger partial charge in [-0.05, 0) is 49.9 Å². The molecule has 0 aromatic heterocycles. The topological polar surface area (TPSA) is 51.2 Å². The van der Waals surface area contributed by atoms with Gasteiger partial charge < -0.3 is 0 Å². The van der Waals surface area contributed by atoms with Crippen LogP contribution in [0, 0.1) is 18.7 Å². The van der Waals surface area contributed by atoms with Crippen molar-refractivity contribution >= 4 is 15.6 Å². The number of Topliss-reactive ketones (excluding diaryl/α,β-unsaturated/α-hetero) is 1. The second kappa shape index (κ2) is 5.64. The lowest BCUT2D eigenvalue weighted by atomic mass is 9.83. The Bertz CT molecular complexity index is 602. The van der Waals surface area contributed by atoms with Gasteiger partial charge in [0.25, 0.3) is 0 Å². The average molecular weight is 298 g/mol. The van der Waals surface area contributed by atoms with Gasteiger partial charge in [-0.15, -0.1) is 0 Å². The fraction of sp³-hybridized carbons (Fsp3) is 0.533. The van der Waals surface area contributed by atoms with Gasteiger partial charge in [0.1, 0.15) is 15.7 Å². The van der Waals surface area contributed by atoms with Gasteiger partial charge in [0.05, 0.1) is 5.25 Å². The fourth-order valence-corrected chi connectivity index (χ4v) is 4.06. The van der Waals surface area contributed by atoms with Crippen molar-refractivity contribution in [2.45, 2.75) is 37.9 Å². The molecule has 0 spiro atoms. The predicted octanol–water partition coefficient (Wildman–Crippen LogP) is 2.92. The van der Waals surface area contributed by atoms with E-state index < -0.39 is 20.9 Å². The number of rotatable bonds is 3. The molecule has 2 rings (SSSR count). The Morgan fingerprint density at radius 1 is 1.25 bits per heavy atom. The number of halogens is 1. The Morgan fingerprint density at radius 2 is 1.95 bits per heavy atom. The summed E-state index contributed by atoms with van der Waals surface area (Å²) in [6, 6.07) is 4.27. The van der Waals surface area contributed by atoms with Crippen molar-refractivity contribution in [3.05, 3.63) is 35.1 Å². The molecule has 1 aliphatic carbocycles.